The summed E-state index contributed by atoms with van der Waals surface area (Å²) in [6.45, 7) is 2.03. The van der Waals surface area contributed by atoms with Gasteiger partial charge >= 0.3 is 0 Å². The Bertz CT molecular complexity index is 525. The molecule has 0 bridgehead atoms. The van der Waals surface area contributed by atoms with Crippen LogP contribution in [0.2, 0.25) is 0 Å². The summed E-state index contributed by atoms with van der Waals surface area (Å²) >= 11 is 0. The third-order valence-corrected chi connectivity index (χ3v) is 3.54. The van der Waals surface area contributed by atoms with Crippen molar-refractivity contribution in [2.75, 3.05) is 0 Å². The van der Waals surface area contributed by atoms with Crippen molar-refractivity contribution < 1.29 is 0 Å². The maximum absolute atomic E-state index is 5.90. The summed E-state index contributed by atoms with van der Waals surface area (Å²) in [6.07, 6.45) is 4.67. The van der Waals surface area contributed by atoms with Gasteiger partial charge in [0.2, 0.25) is 0 Å². The van der Waals surface area contributed by atoms with Crippen molar-refractivity contribution in [1.29, 1.82) is 0 Å². The zero-order valence-corrected chi connectivity index (χ0v) is 10.1. The quantitative estimate of drug-likeness (QED) is 0.876. The molecule has 0 spiro atoms. The number of hydrogen-bond acceptors (Lipinski definition) is 3. The lowest BCUT2D eigenvalue weighted by molar-refractivity contribution is 0.397. The van der Waals surface area contributed by atoms with Gasteiger partial charge in [-0.1, -0.05) is 12.5 Å². The first-order valence-corrected chi connectivity index (χ1v) is 6.34. The van der Waals surface area contributed by atoms with E-state index in [1.807, 2.05) is 19.1 Å². The largest absolute Gasteiger partial charge is 0.328 e. The van der Waals surface area contributed by atoms with Crippen LogP contribution in [0.25, 0.3) is 5.65 Å². The van der Waals surface area contributed by atoms with Crippen LogP contribution in [0.5, 0.6) is 0 Å². The van der Waals surface area contributed by atoms with E-state index in [0.717, 1.165) is 17.9 Å². The minimum Gasteiger partial charge on any atom is -0.328 e. The first-order valence-electron chi connectivity index (χ1n) is 6.34. The summed E-state index contributed by atoms with van der Waals surface area (Å²) in [7, 11) is 0. The smallest absolute Gasteiger partial charge is 0.160 e. The van der Waals surface area contributed by atoms with Gasteiger partial charge in [0.25, 0.3) is 0 Å². The fraction of sp³-hybridized carbons (Fsp3) is 0.538. The number of pyridine rings is 1. The van der Waals surface area contributed by atoms with Gasteiger partial charge in [-0.15, -0.1) is 10.2 Å². The van der Waals surface area contributed by atoms with E-state index in [1.165, 1.54) is 25.0 Å². The topological polar surface area (TPSA) is 56.2 Å². The van der Waals surface area contributed by atoms with Gasteiger partial charge in [0.1, 0.15) is 5.82 Å². The van der Waals surface area contributed by atoms with Crippen LogP contribution in [0.1, 0.15) is 43.6 Å². The standard InChI is InChI=1S/C13H18N4/c1-9(14)8-11-6-3-7-12-15-16-13(17(11)12)10-4-2-5-10/h3,6-7,9-10H,2,4-5,8,14H2,1H3. The molecule has 2 aromatic rings. The van der Waals surface area contributed by atoms with Gasteiger partial charge in [0.05, 0.1) is 0 Å². The van der Waals surface area contributed by atoms with Crippen molar-refractivity contribution in [3.63, 3.8) is 0 Å². The molecule has 1 saturated carbocycles. The molecule has 2 aromatic heterocycles. The molecule has 0 aliphatic heterocycles. The third kappa shape index (κ3) is 1.82. The van der Waals surface area contributed by atoms with Gasteiger partial charge in [-0.25, -0.2) is 0 Å². The van der Waals surface area contributed by atoms with E-state index in [1.54, 1.807) is 0 Å². The van der Waals surface area contributed by atoms with Crippen molar-refractivity contribution in [3.8, 4) is 0 Å². The minimum atomic E-state index is 0.164. The first-order chi connectivity index (χ1) is 8.25. The SMILES string of the molecule is CC(N)Cc1cccc2nnc(C3CCC3)n12. The lowest BCUT2D eigenvalue weighted by Gasteiger charge is -2.24. The van der Waals surface area contributed by atoms with Crippen molar-refractivity contribution in [1.82, 2.24) is 14.6 Å². The molecule has 4 nitrogen and oxygen atoms in total. The molecule has 4 heteroatoms. The number of hydrogen-bond donors (Lipinski definition) is 1. The van der Waals surface area contributed by atoms with Crippen LogP contribution >= 0.6 is 0 Å². The lowest BCUT2D eigenvalue weighted by Crippen LogP contribution is -2.21. The molecule has 1 fully saturated rings. The van der Waals surface area contributed by atoms with E-state index in [-0.39, 0.29) is 6.04 Å². The maximum Gasteiger partial charge on any atom is 0.160 e. The van der Waals surface area contributed by atoms with E-state index < -0.39 is 0 Å². The second-order valence-electron chi connectivity index (χ2n) is 5.08. The summed E-state index contributed by atoms with van der Waals surface area (Å²) in [5, 5.41) is 8.62. The molecule has 1 aliphatic rings. The molecule has 2 heterocycles. The summed E-state index contributed by atoms with van der Waals surface area (Å²) in [5.41, 5.74) is 8.08. The highest BCUT2D eigenvalue weighted by molar-refractivity contribution is 5.41. The molecular formula is C13H18N4. The van der Waals surface area contributed by atoms with Crippen LogP contribution in [0.3, 0.4) is 0 Å². The number of aromatic nitrogens is 3. The first kappa shape index (κ1) is 10.7. The second kappa shape index (κ2) is 4.11. The normalized spacial score (nSPS) is 18.2. The molecule has 1 atom stereocenters. The number of fused-ring (bicyclic) bond motifs is 1. The van der Waals surface area contributed by atoms with Crippen molar-refractivity contribution in [2.24, 2.45) is 5.73 Å². The second-order valence-corrected chi connectivity index (χ2v) is 5.08. The van der Waals surface area contributed by atoms with Gasteiger partial charge in [-0.2, -0.15) is 0 Å². The minimum absolute atomic E-state index is 0.164. The Balaban J connectivity index is 2.10. The molecule has 0 radical (unpaired) electrons. The maximum atomic E-state index is 5.90. The van der Waals surface area contributed by atoms with Crippen LogP contribution in [0.15, 0.2) is 18.2 Å². The highest BCUT2D eigenvalue weighted by Crippen LogP contribution is 2.35. The van der Waals surface area contributed by atoms with Gasteiger partial charge in [0, 0.05) is 24.1 Å². The number of nitrogens with two attached hydrogens (primary N) is 1. The van der Waals surface area contributed by atoms with Crippen LogP contribution < -0.4 is 5.73 Å². The van der Waals surface area contributed by atoms with E-state index in [0.29, 0.717) is 5.92 Å². The van der Waals surface area contributed by atoms with Crippen molar-refractivity contribution in [2.45, 2.75) is 44.6 Å². The Kier molecular flexibility index (Phi) is 2.59. The highest BCUT2D eigenvalue weighted by Gasteiger charge is 2.25. The van der Waals surface area contributed by atoms with Gasteiger partial charge in [-0.3, -0.25) is 4.40 Å². The Morgan fingerprint density at radius 3 is 2.88 bits per heavy atom. The van der Waals surface area contributed by atoms with Crippen LogP contribution in [0, 0.1) is 0 Å². The van der Waals surface area contributed by atoms with Gasteiger partial charge in [0.15, 0.2) is 5.65 Å². The predicted molar refractivity (Wildman–Crippen MR) is 66.9 cm³/mol. The zero-order valence-electron chi connectivity index (χ0n) is 10.1. The third-order valence-electron chi connectivity index (χ3n) is 3.54. The monoisotopic (exact) mass is 230 g/mol. The van der Waals surface area contributed by atoms with Crippen LogP contribution in [-0.2, 0) is 6.42 Å². The van der Waals surface area contributed by atoms with E-state index in [2.05, 4.69) is 20.7 Å². The fourth-order valence-corrected chi connectivity index (χ4v) is 2.45. The molecule has 1 unspecified atom stereocenters. The molecule has 2 N–H and O–H groups in total. The van der Waals surface area contributed by atoms with Crippen LogP contribution in [0.4, 0.5) is 0 Å². The molecule has 90 valence electrons. The van der Waals surface area contributed by atoms with E-state index in [4.69, 9.17) is 5.73 Å². The Morgan fingerprint density at radius 2 is 2.24 bits per heavy atom. The number of rotatable bonds is 3. The Hall–Kier alpha value is -1.42. The van der Waals surface area contributed by atoms with Gasteiger partial charge < -0.3 is 5.73 Å². The fourth-order valence-electron chi connectivity index (χ4n) is 2.45. The predicted octanol–water partition coefficient (Wildman–Crippen LogP) is 1.89. The van der Waals surface area contributed by atoms with Crippen molar-refractivity contribution >= 4 is 5.65 Å². The summed E-state index contributed by atoms with van der Waals surface area (Å²) in [4.78, 5) is 0. The molecule has 17 heavy (non-hydrogen) atoms. The molecule has 3 rings (SSSR count). The van der Waals surface area contributed by atoms with Crippen LogP contribution in [-0.4, -0.2) is 20.6 Å². The summed E-state index contributed by atoms with van der Waals surface area (Å²) in [6, 6.07) is 6.34. The van der Waals surface area contributed by atoms with E-state index >= 15 is 0 Å². The van der Waals surface area contributed by atoms with Crippen molar-refractivity contribution in [3.05, 3.63) is 29.7 Å². The average molecular weight is 230 g/mol. The molecular weight excluding hydrogens is 212 g/mol. The molecule has 0 aromatic carbocycles. The Morgan fingerprint density at radius 1 is 1.41 bits per heavy atom. The molecule has 1 aliphatic carbocycles. The lowest BCUT2D eigenvalue weighted by atomic mass is 9.85. The molecule has 0 amide bonds. The summed E-state index contributed by atoms with van der Waals surface area (Å²) in [5.74, 6) is 1.72. The number of nitrogens with zero attached hydrogens (tertiary/aromatic N) is 3. The average Bonchev–Trinajstić information content (AvgIpc) is 2.60. The zero-order chi connectivity index (χ0) is 11.8. The highest BCUT2D eigenvalue weighted by atomic mass is 15.3. The summed E-state index contributed by atoms with van der Waals surface area (Å²) < 4.78 is 2.20. The Labute approximate surface area is 101 Å². The molecule has 0 saturated heterocycles. The van der Waals surface area contributed by atoms with E-state index in [9.17, 15) is 0 Å². The van der Waals surface area contributed by atoms with Gasteiger partial charge in [-0.05, 0) is 31.9 Å².